The standard InChI is InChI=1S/C19H13Cl2F4N/c1-3-12-8-11(5-7-17(12)26-2)4-6-14(19(23,24)25)13-9-15(20)18(22)16(21)10-13/h1,4-10,14,26H,2H3/b6-4+. The summed E-state index contributed by atoms with van der Waals surface area (Å²) in [6.45, 7) is 0. The second-order valence-corrected chi connectivity index (χ2v) is 6.19. The summed E-state index contributed by atoms with van der Waals surface area (Å²) < 4.78 is 53.9. The molecule has 1 N–H and O–H groups in total. The number of benzene rings is 2. The van der Waals surface area contributed by atoms with Crippen LogP contribution in [0.4, 0.5) is 23.2 Å². The quantitative estimate of drug-likeness (QED) is 0.349. The molecule has 0 saturated carbocycles. The Morgan fingerprint density at radius 1 is 1.15 bits per heavy atom. The topological polar surface area (TPSA) is 12.0 Å². The molecule has 2 rings (SSSR count). The molecule has 0 aliphatic carbocycles. The third-order valence-electron chi connectivity index (χ3n) is 3.67. The Morgan fingerprint density at radius 2 is 1.77 bits per heavy atom. The molecule has 1 atom stereocenters. The summed E-state index contributed by atoms with van der Waals surface area (Å²) in [6, 6.07) is 6.72. The fourth-order valence-corrected chi connectivity index (χ4v) is 2.88. The minimum Gasteiger partial charge on any atom is -0.387 e. The zero-order valence-electron chi connectivity index (χ0n) is 13.5. The maximum absolute atomic E-state index is 13.5. The lowest BCUT2D eigenvalue weighted by Gasteiger charge is -2.18. The normalized spacial score (nSPS) is 12.8. The number of anilines is 1. The van der Waals surface area contributed by atoms with Crippen molar-refractivity contribution >= 4 is 35.0 Å². The second-order valence-electron chi connectivity index (χ2n) is 5.38. The highest BCUT2D eigenvalue weighted by atomic mass is 35.5. The summed E-state index contributed by atoms with van der Waals surface area (Å²) in [5, 5.41) is 1.96. The van der Waals surface area contributed by atoms with E-state index in [4.69, 9.17) is 29.6 Å². The van der Waals surface area contributed by atoms with Crippen molar-refractivity contribution < 1.29 is 17.6 Å². The summed E-state index contributed by atoms with van der Waals surface area (Å²) in [7, 11) is 1.69. The highest BCUT2D eigenvalue weighted by Crippen LogP contribution is 2.39. The number of terminal acetylenes is 1. The van der Waals surface area contributed by atoms with Crippen molar-refractivity contribution in [1.29, 1.82) is 0 Å². The Balaban J connectivity index is 2.44. The second kappa shape index (κ2) is 8.03. The van der Waals surface area contributed by atoms with Crippen molar-refractivity contribution in [2.45, 2.75) is 12.1 Å². The van der Waals surface area contributed by atoms with Gasteiger partial charge in [-0.05, 0) is 35.4 Å². The van der Waals surface area contributed by atoms with Crippen molar-refractivity contribution in [2.24, 2.45) is 0 Å². The van der Waals surface area contributed by atoms with E-state index < -0.39 is 28.0 Å². The average molecular weight is 402 g/mol. The SMILES string of the molecule is C#Cc1cc(/C=C/C(c2cc(Cl)c(F)c(Cl)c2)C(F)(F)F)ccc1NC. The number of halogens is 6. The van der Waals surface area contributed by atoms with Gasteiger partial charge in [-0.1, -0.05) is 47.3 Å². The summed E-state index contributed by atoms with van der Waals surface area (Å²) in [5.41, 5.74) is 1.44. The molecular formula is C19H13Cl2F4N. The number of hydrogen-bond acceptors (Lipinski definition) is 1. The minimum atomic E-state index is -4.61. The smallest absolute Gasteiger partial charge is 0.387 e. The van der Waals surface area contributed by atoms with Crippen LogP contribution >= 0.6 is 23.2 Å². The molecule has 0 aliphatic rings. The first-order valence-electron chi connectivity index (χ1n) is 7.35. The van der Waals surface area contributed by atoms with Gasteiger partial charge in [0.25, 0.3) is 0 Å². The van der Waals surface area contributed by atoms with Crippen LogP contribution in [-0.4, -0.2) is 13.2 Å². The maximum Gasteiger partial charge on any atom is 0.399 e. The summed E-state index contributed by atoms with van der Waals surface area (Å²) >= 11 is 11.2. The molecule has 0 amide bonds. The van der Waals surface area contributed by atoms with E-state index >= 15 is 0 Å². The van der Waals surface area contributed by atoms with Crippen LogP contribution in [0.5, 0.6) is 0 Å². The lowest BCUT2D eigenvalue weighted by Crippen LogP contribution is -2.19. The van der Waals surface area contributed by atoms with E-state index in [-0.39, 0.29) is 5.56 Å². The van der Waals surface area contributed by atoms with Gasteiger partial charge >= 0.3 is 6.18 Å². The van der Waals surface area contributed by atoms with Crippen molar-refractivity contribution in [3.05, 3.63) is 69.0 Å². The Morgan fingerprint density at radius 3 is 2.27 bits per heavy atom. The maximum atomic E-state index is 13.5. The summed E-state index contributed by atoms with van der Waals surface area (Å²) in [4.78, 5) is 0. The minimum absolute atomic E-state index is 0.255. The summed E-state index contributed by atoms with van der Waals surface area (Å²) in [6.07, 6.45) is 3.04. The molecule has 0 fully saturated rings. The van der Waals surface area contributed by atoms with Crippen LogP contribution in [0.25, 0.3) is 6.08 Å². The fourth-order valence-electron chi connectivity index (χ4n) is 2.37. The predicted octanol–water partition coefficient (Wildman–Crippen LogP) is 6.51. The monoisotopic (exact) mass is 401 g/mol. The third kappa shape index (κ3) is 4.51. The van der Waals surface area contributed by atoms with E-state index in [2.05, 4.69) is 11.2 Å². The molecule has 0 radical (unpaired) electrons. The van der Waals surface area contributed by atoms with Crippen molar-refractivity contribution in [2.75, 3.05) is 12.4 Å². The molecule has 0 heterocycles. The molecule has 26 heavy (non-hydrogen) atoms. The van der Waals surface area contributed by atoms with Crippen LogP contribution in [0.3, 0.4) is 0 Å². The van der Waals surface area contributed by atoms with Crippen LogP contribution in [0, 0.1) is 18.2 Å². The largest absolute Gasteiger partial charge is 0.399 e. The van der Waals surface area contributed by atoms with Gasteiger partial charge in [-0.25, -0.2) is 4.39 Å². The molecule has 2 aromatic rings. The molecule has 0 spiro atoms. The summed E-state index contributed by atoms with van der Waals surface area (Å²) in [5.74, 6) is -0.496. The van der Waals surface area contributed by atoms with Gasteiger partial charge in [-0.2, -0.15) is 13.2 Å². The highest BCUT2D eigenvalue weighted by Gasteiger charge is 2.39. The number of alkyl halides is 3. The van der Waals surface area contributed by atoms with E-state index in [9.17, 15) is 17.6 Å². The van der Waals surface area contributed by atoms with Crippen molar-refractivity contribution in [3.63, 3.8) is 0 Å². The molecule has 0 aliphatic heterocycles. The Labute approximate surface area is 158 Å². The zero-order valence-corrected chi connectivity index (χ0v) is 15.0. The molecule has 1 nitrogen and oxygen atoms in total. The zero-order chi connectivity index (χ0) is 19.5. The van der Waals surface area contributed by atoms with Gasteiger partial charge in [0.2, 0.25) is 0 Å². The first-order chi connectivity index (χ1) is 12.2. The fraction of sp³-hybridized carbons (Fsp3) is 0.158. The van der Waals surface area contributed by atoms with E-state index in [1.54, 1.807) is 25.2 Å². The van der Waals surface area contributed by atoms with Crippen LogP contribution in [0.1, 0.15) is 22.6 Å². The number of nitrogens with one attached hydrogen (secondary N) is 1. The highest BCUT2D eigenvalue weighted by molar-refractivity contribution is 6.35. The molecule has 0 saturated heterocycles. The Bertz CT molecular complexity index is 859. The van der Waals surface area contributed by atoms with Gasteiger partial charge in [0.1, 0.15) is 0 Å². The van der Waals surface area contributed by atoms with Gasteiger partial charge in [0.15, 0.2) is 5.82 Å². The first kappa shape index (κ1) is 20.2. The van der Waals surface area contributed by atoms with E-state index in [0.29, 0.717) is 16.8 Å². The van der Waals surface area contributed by atoms with Crippen LogP contribution in [0.15, 0.2) is 36.4 Å². The molecule has 2 aromatic carbocycles. The van der Waals surface area contributed by atoms with Crippen LogP contribution in [-0.2, 0) is 0 Å². The van der Waals surface area contributed by atoms with E-state index in [1.165, 1.54) is 6.08 Å². The van der Waals surface area contributed by atoms with Crippen molar-refractivity contribution in [3.8, 4) is 12.3 Å². The van der Waals surface area contributed by atoms with Crippen LogP contribution in [0.2, 0.25) is 10.0 Å². The Kier molecular flexibility index (Phi) is 6.22. The lowest BCUT2D eigenvalue weighted by molar-refractivity contribution is -0.139. The van der Waals surface area contributed by atoms with Crippen molar-refractivity contribution in [1.82, 2.24) is 0 Å². The molecule has 136 valence electrons. The van der Waals surface area contributed by atoms with Crippen LogP contribution < -0.4 is 5.32 Å². The molecule has 0 bridgehead atoms. The van der Waals surface area contributed by atoms with Gasteiger partial charge in [-0.15, -0.1) is 6.42 Å². The van der Waals surface area contributed by atoms with Gasteiger partial charge < -0.3 is 5.32 Å². The number of rotatable bonds is 4. The molecule has 0 aromatic heterocycles. The van der Waals surface area contributed by atoms with E-state index in [1.807, 2.05) is 0 Å². The molecular weight excluding hydrogens is 389 g/mol. The van der Waals surface area contributed by atoms with E-state index in [0.717, 1.165) is 18.2 Å². The predicted molar refractivity (Wildman–Crippen MR) is 98.2 cm³/mol. The average Bonchev–Trinajstić information content (AvgIpc) is 2.58. The van der Waals surface area contributed by atoms with Gasteiger partial charge in [-0.3, -0.25) is 0 Å². The van der Waals surface area contributed by atoms with Gasteiger partial charge in [0, 0.05) is 18.3 Å². The number of hydrogen-bond donors (Lipinski definition) is 1. The first-order valence-corrected chi connectivity index (χ1v) is 8.10. The number of allylic oxidation sites excluding steroid dienone is 1. The molecule has 7 heteroatoms. The van der Waals surface area contributed by atoms with Gasteiger partial charge in [0.05, 0.1) is 16.0 Å². The Hall–Kier alpha value is -2.16. The molecule has 1 unspecified atom stereocenters. The third-order valence-corrected chi connectivity index (χ3v) is 4.22. The lowest BCUT2D eigenvalue weighted by atomic mass is 9.96.